The molecule has 0 spiro atoms. The van der Waals surface area contributed by atoms with Gasteiger partial charge < -0.3 is 25.1 Å². The van der Waals surface area contributed by atoms with Crippen molar-refractivity contribution in [2.75, 3.05) is 18.7 Å². The van der Waals surface area contributed by atoms with E-state index in [1.54, 1.807) is 30.5 Å². The number of benzene rings is 2. The van der Waals surface area contributed by atoms with Gasteiger partial charge in [-0.3, -0.25) is 9.59 Å². The first kappa shape index (κ1) is 17.2. The molecule has 0 radical (unpaired) electrons. The fourth-order valence-corrected chi connectivity index (χ4v) is 3.06. The second-order valence-electron chi connectivity index (χ2n) is 6.07. The van der Waals surface area contributed by atoms with Crippen LogP contribution in [0.15, 0.2) is 42.6 Å². The molecule has 3 aromatic rings. The maximum absolute atomic E-state index is 12.2. The zero-order valence-corrected chi connectivity index (χ0v) is 14.9. The monoisotopic (exact) mass is 385 g/mol. The van der Waals surface area contributed by atoms with E-state index in [4.69, 9.17) is 21.1 Å². The number of anilines is 1. The molecule has 7 nitrogen and oxygen atoms in total. The molecule has 0 aliphatic carbocycles. The average Bonchev–Trinajstić information content (AvgIpc) is 3.26. The van der Waals surface area contributed by atoms with Gasteiger partial charge in [0.1, 0.15) is 0 Å². The van der Waals surface area contributed by atoms with Crippen molar-refractivity contribution >= 4 is 40.0 Å². The van der Waals surface area contributed by atoms with Gasteiger partial charge in [-0.1, -0.05) is 11.6 Å². The molecule has 3 N–H and O–H groups in total. The van der Waals surface area contributed by atoms with Crippen molar-refractivity contribution in [2.24, 2.45) is 0 Å². The van der Waals surface area contributed by atoms with Crippen LogP contribution in [-0.2, 0) is 16.0 Å². The first-order chi connectivity index (χ1) is 13.1. The number of H-pyrrole nitrogens is 1. The first-order valence-electron chi connectivity index (χ1n) is 8.30. The SMILES string of the molecule is O=C(Cc1c[nH]c2ccc(Cl)cc12)NCC(=O)Nc1ccc2c(c1)OCO2. The number of carbonyl (C=O) groups is 2. The Hall–Kier alpha value is -3.19. The summed E-state index contributed by atoms with van der Waals surface area (Å²) in [6.07, 6.45) is 1.92. The Kier molecular flexibility index (Phi) is 4.60. The molecular formula is C19H16ClN3O4. The number of halogens is 1. The summed E-state index contributed by atoms with van der Waals surface area (Å²) in [5.74, 6) is 0.635. The first-order valence-corrected chi connectivity index (χ1v) is 8.68. The summed E-state index contributed by atoms with van der Waals surface area (Å²) in [7, 11) is 0. The molecule has 0 fully saturated rings. The molecule has 0 bridgehead atoms. The maximum Gasteiger partial charge on any atom is 0.243 e. The number of amides is 2. The lowest BCUT2D eigenvalue weighted by Gasteiger charge is -2.07. The molecule has 1 aromatic heterocycles. The third-order valence-electron chi connectivity index (χ3n) is 4.18. The van der Waals surface area contributed by atoms with Crippen molar-refractivity contribution in [3.63, 3.8) is 0 Å². The van der Waals surface area contributed by atoms with Gasteiger partial charge in [-0.15, -0.1) is 0 Å². The van der Waals surface area contributed by atoms with Gasteiger partial charge in [0, 0.05) is 33.9 Å². The number of aromatic nitrogens is 1. The van der Waals surface area contributed by atoms with E-state index < -0.39 is 0 Å². The zero-order chi connectivity index (χ0) is 18.8. The van der Waals surface area contributed by atoms with Crippen LogP contribution in [0.2, 0.25) is 5.02 Å². The molecule has 4 rings (SSSR count). The number of rotatable bonds is 5. The molecular weight excluding hydrogens is 370 g/mol. The van der Waals surface area contributed by atoms with E-state index in [2.05, 4.69) is 15.6 Å². The molecule has 0 saturated heterocycles. The van der Waals surface area contributed by atoms with Crippen LogP contribution < -0.4 is 20.1 Å². The molecule has 138 valence electrons. The van der Waals surface area contributed by atoms with Crippen molar-refractivity contribution in [3.05, 3.63) is 53.2 Å². The van der Waals surface area contributed by atoms with Gasteiger partial charge in [0.05, 0.1) is 13.0 Å². The van der Waals surface area contributed by atoms with E-state index in [1.807, 2.05) is 12.1 Å². The number of hydrogen-bond donors (Lipinski definition) is 3. The summed E-state index contributed by atoms with van der Waals surface area (Å²) in [5, 5.41) is 6.82. The second-order valence-corrected chi connectivity index (χ2v) is 6.51. The summed E-state index contributed by atoms with van der Waals surface area (Å²) in [4.78, 5) is 27.3. The number of carbonyl (C=O) groups excluding carboxylic acids is 2. The Bertz CT molecular complexity index is 1030. The fraction of sp³-hybridized carbons (Fsp3) is 0.158. The van der Waals surface area contributed by atoms with Gasteiger partial charge in [-0.25, -0.2) is 0 Å². The third-order valence-corrected chi connectivity index (χ3v) is 4.42. The molecule has 8 heteroatoms. The number of hydrogen-bond acceptors (Lipinski definition) is 4. The van der Waals surface area contributed by atoms with Gasteiger partial charge in [0.2, 0.25) is 18.6 Å². The lowest BCUT2D eigenvalue weighted by atomic mass is 10.1. The summed E-state index contributed by atoms with van der Waals surface area (Å²) < 4.78 is 10.5. The molecule has 1 aliphatic rings. The van der Waals surface area contributed by atoms with Gasteiger partial charge in [-0.2, -0.15) is 0 Å². The van der Waals surface area contributed by atoms with Crippen molar-refractivity contribution in [2.45, 2.75) is 6.42 Å². The third kappa shape index (κ3) is 3.83. The van der Waals surface area contributed by atoms with E-state index >= 15 is 0 Å². The Labute approximate surface area is 159 Å². The molecule has 2 aromatic carbocycles. The van der Waals surface area contributed by atoms with Crippen LogP contribution in [0.25, 0.3) is 10.9 Å². The summed E-state index contributed by atoms with van der Waals surface area (Å²) >= 11 is 6.01. The highest BCUT2D eigenvalue weighted by Gasteiger charge is 2.15. The molecule has 2 heterocycles. The minimum absolute atomic E-state index is 0.129. The van der Waals surface area contributed by atoms with Crippen LogP contribution in [-0.4, -0.2) is 30.1 Å². The fourth-order valence-electron chi connectivity index (χ4n) is 2.89. The lowest BCUT2D eigenvalue weighted by Crippen LogP contribution is -2.33. The number of fused-ring (bicyclic) bond motifs is 2. The smallest absolute Gasteiger partial charge is 0.243 e. The Morgan fingerprint density at radius 1 is 1.07 bits per heavy atom. The summed E-state index contributed by atoms with van der Waals surface area (Å²) in [6.45, 7) is 0.0399. The largest absolute Gasteiger partial charge is 0.454 e. The standard InChI is InChI=1S/C19H16ClN3O4/c20-12-1-3-15-14(6-12)11(8-21-15)5-18(24)22-9-19(25)23-13-2-4-16-17(7-13)27-10-26-16/h1-4,6-8,21H,5,9-10H2,(H,22,24)(H,23,25). The second kappa shape index (κ2) is 7.20. The van der Waals surface area contributed by atoms with Crippen LogP contribution in [0.1, 0.15) is 5.56 Å². The zero-order valence-electron chi connectivity index (χ0n) is 14.2. The predicted octanol–water partition coefficient (Wildman–Crippen LogP) is 2.85. The Morgan fingerprint density at radius 3 is 2.81 bits per heavy atom. The minimum atomic E-state index is -0.329. The molecule has 0 unspecified atom stereocenters. The lowest BCUT2D eigenvalue weighted by molar-refractivity contribution is -0.123. The van der Waals surface area contributed by atoms with E-state index in [9.17, 15) is 9.59 Å². The van der Waals surface area contributed by atoms with Crippen LogP contribution in [0, 0.1) is 0 Å². The van der Waals surface area contributed by atoms with Crippen molar-refractivity contribution in [1.82, 2.24) is 10.3 Å². The molecule has 27 heavy (non-hydrogen) atoms. The summed E-state index contributed by atoms with van der Waals surface area (Å²) in [6, 6.07) is 10.6. The molecule has 2 amide bonds. The highest BCUT2D eigenvalue weighted by molar-refractivity contribution is 6.31. The predicted molar refractivity (Wildman–Crippen MR) is 101 cm³/mol. The topological polar surface area (TPSA) is 92.5 Å². The molecule has 1 aliphatic heterocycles. The van der Waals surface area contributed by atoms with Crippen LogP contribution in [0.5, 0.6) is 11.5 Å². The van der Waals surface area contributed by atoms with E-state index in [0.29, 0.717) is 22.2 Å². The Balaban J connectivity index is 1.32. The van der Waals surface area contributed by atoms with Gasteiger partial charge in [0.15, 0.2) is 11.5 Å². The Morgan fingerprint density at radius 2 is 1.93 bits per heavy atom. The number of ether oxygens (including phenoxy) is 2. The highest BCUT2D eigenvalue weighted by Crippen LogP contribution is 2.34. The van der Waals surface area contributed by atoms with E-state index in [0.717, 1.165) is 16.5 Å². The number of nitrogens with one attached hydrogen (secondary N) is 3. The van der Waals surface area contributed by atoms with Crippen molar-refractivity contribution < 1.29 is 19.1 Å². The van der Waals surface area contributed by atoms with Gasteiger partial charge in [0.25, 0.3) is 0 Å². The van der Waals surface area contributed by atoms with Gasteiger partial charge >= 0.3 is 0 Å². The summed E-state index contributed by atoms with van der Waals surface area (Å²) in [5.41, 5.74) is 2.30. The normalized spacial score (nSPS) is 12.2. The van der Waals surface area contributed by atoms with Crippen molar-refractivity contribution in [1.29, 1.82) is 0 Å². The maximum atomic E-state index is 12.2. The van der Waals surface area contributed by atoms with Crippen molar-refractivity contribution in [3.8, 4) is 11.5 Å². The van der Waals surface area contributed by atoms with Gasteiger partial charge in [-0.05, 0) is 35.9 Å². The number of aromatic amines is 1. The highest BCUT2D eigenvalue weighted by atomic mass is 35.5. The molecule has 0 saturated carbocycles. The van der Waals surface area contributed by atoms with Crippen LogP contribution in [0.3, 0.4) is 0 Å². The van der Waals surface area contributed by atoms with Crippen LogP contribution >= 0.6 is 11.6 Å². The average molecular weight is 386 g/mol. The van der Waals surface area contributed by atoms with E-state index in [-0.39, 0.29) is 31.6 Å². The quantitative estimate of drug-likeness (QED) is 0.629. The van der Waals surface area contributed by atoms with Crippen LogP contribution in [0.4, 0.5) is 5.69 Å². The molecule has 0 atom stereocenters. The minimum Gasteiger partial charge on any atom is -0.454 e. The van der Waals surface area contributed by atoms with E-state index in [1.165, 1.54) is 0 Å².